The summed E-state index contributed by atoms with van der Waals surface area (Å²) < 4.78 is 0.606. The van der Waals surface area contributed by atoms with Gasteiger partial charge in [-0.05, 0) is 18.6 Å². The predicted molar refractivity (Wildman–Crippen MR) is 77.7 cm³/mol. The predicted octanol–water partition coefficient (Wildman–Crippen LogP) is 3.42. The third-order valence-corrected chi connectivity index (χ3v) is 4.45. The first-order chi connectivity index (χ1) is 9.06. The lowest BCUT2D eigenvalue weighted by Gasteiger charge is -2.07. The first kappa shape index (κ1) is 14.1. The number of para-hydroxylation sites is 1. The van der Waals surface area contributed by atoms with Crippen molar-refractivity contribution in [2.45, 2.75) is 11.3 Å². The summed E-state index contributed by atoms with van der Waals surface area (Å²) in [6, 6.07) is 5.60. The van der Waals surface area contributed by atoms with Crippen molar-refractivity contribution in [3.05, 3.63) is 28.8 Å². The van der Waals surface area contributed by atoms with Crippen LogP contribution in [0.15, 0.2) is 22.5 Å². The van der Waals surface area contributed by atoms with E-state index >= 15 is 0 Å². The first-order valence-corrected chi connectivity index (χ1v) is 7.44. The van der Waals surface area contributed by atoms with Crippen molar-refractivity contribution in [3.63, 3.8) is 0 Å². The maximum atomic E-state index is 10.5. The molecule has 0 aliphatic carbocycles. The van der Waals surface area contributed by atoms with Crippen molar-refractivity contribution in [3.8, 4) is 0 Å². The summed E-state index contributed by atoms with van der Waals surface area (Å²) in [6.45, 7) is 1.94. The Labute approximate surface area is 123 Å². The van der Waals surface area contributed by atoms with Gasteiger partial charge >= 0.3 is 5.97 Å². The van der Waals surface area contributed by atoms with Gasteiger partial charge in [-0.15, -0.1) is 10.2 Å². The van der Waals surface area contributed by atoms with Gasteiger partial charge in [0, 0.05) is 0 Å². The van der Waals surface area contributed by atoms with Gasteiger partial charge in [-0.2, -0.15) is 0 Å². The summed E-state index contributed by atoms with van der Waals surface area (Å²) in [5.74, 6) is -0.906. The highest BCUT2D eigenvalue weighted by atomic mass is 35.5. The van der Waals surface area contributed by atoms with E-state index in [2.05, 4.69) is 15.5 Å². The number of hydrogen-bond acceptors (Lipinski definition) is 6. The molecule has 2 aromatic rings. The third kappa shape index (κ3) is 3.82. The summed E-state index contributed by atoms with van der Waals surface area (Å²) in [5.41, 5.74) is 1.79. The molecule has 0 aliphatic heterocycles. The number of benzene rings is 1. The van der Waals surface area contributed by atoms with Crippen LogP contribution in [-0.4, -0.2) is 27.0 Å². The molecule has 0 unspecified atom stereocenters. The number of anilines is 2. The molecule has 0 atom stereocenters. The van der Waals surface area contributed by atoms with Crippen LogP contribution in [-0.2, 0) is 4.79 Å². The van der Waals surface area contributed by atoms with Crippen LogP contribution in [0.4, 0.5) is 10.8 Å². The average molecular weight is 316 g/mol. The van der Waals surface area contributed by atoms with Gasteiger partial charge < -0.3 is 10.4 Å². The fraction of sp³-hybridized carbons (Fsp3) is 0.182. The maximum absolute atomic E-state index is 10.5. The molecule has 0 saturated carbocycles. The van der Waals surface area contributed by atoms with Gasteiger partial charge in [0.25, 0.3) is 0 Å². The molecule has 2 rings (SSSR count). The van der Waals surface area contributed by atoms with Crippen LogP contribution < -0.4 is 5.32 Å². The van der Waals surface area contributed by atoms with Gasteiger partial charge in [-0.3, -0.25) is 4.79 Å². The van der Waals surface area contributed by atoms with E-state index in [4.69, 9.17) is 16.7 Å². The van der Waals surface area contributed by atoms with Crippen LogP contribution in [0.25, 0.3) is 0 Å². The maximum Gasteiger partial charge on any atom is 0.313 e. The summed E-state index contributed by atoms with van der Waals surface area (Å²) in [7, 11) is 0. The number of rotatable bonds is 5. The van der Waals surface area contributed by atoms with E-state index < -0.39 is 5.97 Å². The molecular weight excluding hydrogens is 306 g/mol. The highest BCUT2D eigenvalue weighted by Gasteiger charge is 2.10. The highest BCUT2D eigenvalue weighted by Crippen LogP contribution is 2.32. The number of nitrogens with one attached hydrogen (secondary N) is 1. The second-order valence-electron chi connectivity index (χ2n) is 3.61. The second kappa shape index (κ2) is 6.23. The molecule has 100 valence electrons. The average Bonchev–Trinajstić information content (AvgIpc) is 2.79. The fourth-order valence-corrected chi connectivity index (χ4v) is 3.08. The monoisotopic (exact) mass is 315 g/mol. The van der Waals surface area contributed by atoms with Crippen LogP contribution in [0.3, 0.4) is 0 Å². The minimum atomic E-state index is -0.878. The number of carboxylic acid groups (broad SMARTS) is 1. The normalized spacial score (nSPS) is 10.4. The smallest absolute Gasteiger partial charge is 0.313 e. The lowest BCUT2D eigenvalue weighted by molar-refractivity contribution is -0.133. The Hall–Kier alpha value is -1.31. The Balaban J connectivity index is 2.09. The van der Waals surface area contributed by atoms with Crippen molar-refractivity contribution in [1.82, 2.24) is 10.2 Å². The van der Waals surface area contributed by atoms with E-state index in [1.165, 1.54) is 11.3 Å². The van der Waals surface area contributed by atoms with Gasteiger partial charge in [-0.1, -0.05) is 46.8 Å². The zero-order valence-corrected chi connectivity index (χ0v) is 12.3. The molecule has 5 nitrogen and oxygen atoms in total. The molecule has 0 fully saturated rings. The fourth-order valence-electron chi connectivity index (χ4n) is 1.34. The van der Waals surface area contributed by atoms with Crippen molar-refractivity contribution in [2.75, 3.05) is 11.1 Å². The Morgan fingerprint density at radius 1 is 1.53 bits per heavy atom. The van der Waals surface area contributed by atoms with E-state index in [0.717, 1.165) is 23.0 Å². The number of nitrogens with zero attached hydrogens (tertiary/aromatic N) is 2. The van der Waals surface area contributed by atoms with Crippen LogP contribution in [0.1, 0.15) is 5.56 Å². The minimum Gasteiger partial charge on any atom is -0.481 e. The third-order valence-electron chi connectivity index (χ3n) is 2.18. The SMILES string of the molecule is Cc1cccc(Cl)c1Nc1nnc(SCC(=O)O)s1. The molecule has 1 aromatic carbocycles. The molecule has 0 radical (unpaired) electrons. The summed E-state index contributed by atoms with van der Waals surface area (Å²) in [5, 5.41) is 20.7. The summed E-state index contributed by atoms with van der Waals surface area (Å²) in [4.78, 5) is 10.5. The van der Waals surface area contributed by atoms with Crippen LogP contribution >= 0.6 is 34.7 Å². The van der Waals surface area contributed by atoms with Gasteiger partial charge in [0.2, 0.25) is 5.13 Å². The number of halogens is 1. The van der Waals surface area contributed by atoms with E-state index in [-0.39, 0.29) is 5.75 Å². The van der Waals surface area contributed by atoms with Crippen molar-refractivity contribution < 1.29 is 9.90 Å². The Kier molecular flexibility index (Phi) is 4.62. The van der Waals surface area contributed by atoms with E-state index in [9.17, 15) is 4.79 Å². The molecule has 0 saturated heterocycles. The molecular formula is C11H10ClN3O2S2. The lowest BCUT2D eigenvalue weighted by Crippen LogP contribution is -1.96. The van der Waals surface area contributed by atoms with E-state index in [0.29, 0.717) is 14.5 Å². The number of carbonyl (C=O) groups is 1. The molecule has 1 aromatic heterocycles. The lowest BCUT2D eigenvalue weighted by atomic mass is 10.2. The highest BCUT2D eigenvalue weighted by molar-refractivity contribution is 8.01. The molecule has 2 N–H and O–H groups in total. The Bertz CT molecular complexity index is 583. The van der Waals surface area contributed by atoms with Gasteiger partial charge in [0.15, 0.2) is 4.34 Å². The zero-order valence-electron chi connectivity index (χ0n) is 9.88. The molecule has 0 amide bonds. The van der Waals surface area contributed by atoms with E-state index in [1.54, 1.807) is 6.07 Å². The summed E-state index contributed by atoms with van der Waals surface area (Å²) >= 11 is 8.54. The van der Waals surface area contributed by atoms with Gasteiger partial charge in [0.05, 0.1) is 16.5 Å². The van der Waals surface area contributed by atoms with Gasteiger partial charge in [0.1, 0.15) is 0 Å². The second-order valence-corrected chi connectivity index (χ2v) is 6.22. The molecule has 0 bridgehead atoms. The van der Waals surface area contributed by atoms with Crippen LogP contribution in [0, 0.1) is 6.92 Å². The zero-order chi connectivity index (χ0) is 13.8. The van der Waals surface area contributed by atoms with Crippen molar-refractivity contribution in [2.24, 2.45) is 0 Å². The molecule has 0 spiro atoms. The van der Waals surface area contributed by atoms with Crippen molar-refractivity contribution >= 4 is 51.5 Å². The Morgan fingerprint density at radius 2 is 2.32 bits per heavy atom. The number of aliphatic carboxylic acids is 1. The number of hydrogen-bond donors (Lipinski definition) is 2. The minimum absolute atomic E-state index is 0.0280. The standard InChI is InChI=1S/C11H10ClN3O2S2/c1-6-3-2-4-7(12)9(6)13-10-14-15-11(19-10)18-5-8(16)17/h2-4H,5H2,1H3,(H,13,14)(H,16,17). The van der Waals surface area contributed by atoms with Crippen LogP contribution in [0.2, 0.25) is 5.02 Å². The van der Waals surface area contributed by atoms with Gasteiger partial charge in [-0.25, -0.2) is 0 Å². The Morgan fingerprint density at radius 3 is 3.00 bits per heavy atom. The largest absolute Gasteiger partial charge is 0.481 e. The number of carboxylic acids is 1. The number of aromatic nitrogens is 2. The quantitative estimate of drug-likeness (QED) is 0.823. The first-order valence-electron chi connectivity index (χ1n) is 5.26. The topological polar surface area (TPSA) is 75.1 Å². The number of aryl methyl sites for hydroxylation is 1. The molecule has 1 heterocycles. The van der Waals surface area contributed by atoms with E-state index in [1.807, 2.05) is 19.1 Å². The summed E-state index contributed by atoms with van der Waals surface area (Å²) in [6.07, 6.45) is 0. The molecule has 0 aliphatic rings. The molecule has 8 heteroatoms. The molecule has 19 heavy (non-hydrogen) atoms. The van der Waals surface area contributed by atoms with Crippen molar-refractivity contribution in [1.29, 1.82) is 0 Å². The number of thioether (sulfide) groups is 1. The van der Waals surface area contributed by atoms with Crippen LogP contribution in [0.5, 0.6) is 0 Å².